The van der Waals surface area contributed by atoms with Gasteiger partial charge in [-0.25, -0.2) is 0 Å². The van der Waals surface area contributed by atoms with Crippen LogP contribution in [-0.4, -0.2) is 36.3 Å². The largest absolute Gasteiger partial charge is 0.375 e. The predicted molar refractivity (Wildman–Crippen MR) is 89.6 cm³/mol. The van der Waals surface area contributed by atoms with Crippen LogP contribution in [0.1, 0.15) is 65.2 Å². The number of nitrogens with one attached hydrogen (secondary N) is 1. The van der Waals surface area contributed by atoms with Crippen molar-refractivity contribution < 1.29 is 4.74 Å². The third-order valence-electron chi connectivity index (χ3n) is 5.03. The zero-order chi connectivity index (χ0) is 14.3. The quantitative estimate of drug-likeness (QED) is 0.760. The summed E-state index contributed by atoms with van der Waals surface area (Å²) in [4.78, 5) is 0. The van der Waals surface area contributed by atoms with E-state index in [2.05, 4.69) is 30.9 Å². The summed E-state index contributed by atoms with van der Waals surface area (Å²) in [6, 6.07) is 0.727. The number of rotatable bonds is 7. The van der Waals surface area contributed by atoms with Gasteiger partial charge in [0.15, 0.2) is 0 Å². The van der Waals surface area contributed by atoms with Crippen LogP contribution < -0.4 is 5.32 Å². The van der Waals surface area contributed by atoms with E-state index in [0.717, 1.165) is 18.6 Å². The van der Waals surface area contributed by atoms with Gasteiger partial charge in [0.1, 0.15) is 0 Å². The molecule has 0 radical (unpaired) electrons. The lowest BCUT2D eigenvalue weighted by Crippen LogP contribution is -2.48. The predicted octanol–water partition coefficient (Wildman–Crippen LogP) is 4.24. The van der Waals surface area contributed by atoms with E-state index in [-0.39, 0.29) is 5.60 Å². The lowest BCUT2D eigenvalue weighted by molar-refractivity contribution is -0.107. The van der Waals surface area contributed by atoms with E-state index in [1.165, 1.54) is 69.4 Å². The maximum atomic E-state index is 6.25. The molecule has 3 heteroatoms. The van der Waals surface area contributed by atoms with Crippen LogP contribution in [0.25, 0.3) is 0 Å². The molecule has 2 unspecified atom stereocenters. The van der Waals surface area contributed by atoms with Gasteiger partial charge in [-0.1, -0.05) is 26.7 Å². The molecule has 2 atom stereocenters. The van der Waals surface area contributed by atoms with Crippen LogP contribution in [0.5, 0.6) is 0 Å². The first-order valence-electron chi connectivity index (χ1n) is 8.75. The monoisotopic (exact) mass is 299 g/mol. The molecule has 0 aromatic carbocycles. The van der Waals surface area contributed by atoms with Crippen LogP contribution in [-0.2, 0) is 4.74 Å². The molecule has 2 aliphatic heterocycles. The van der Waals surface area contributed by atoms with Crippen molar-refractivity contribution in [1.29, 1.82) is 0 Å². The highest BCUT2D eigenvalue weighted by molar-refractivity contribution is 7.99. The molecule has 2 nitrogen and oxygen atoms in total. The van der Waals surface area contributed by atoms with Crippen molar-refractivity contribution in [3.8, 4) is 0 Å². The molecule has 2 fully saturated rings. The molecule has 0 aromatic heterocycles. The Morgan fingerprint density at radius 1 is 1.25 bits per heavy atom. The SMILES string of the molecule is CCCCC(NCCC)C1CCOC2(CCSCC2)C1. The van der Waals surface area contributed by atoms with Gasteiger partial charge in [-0.15, -0.1) is 0 Å². The van der Waals surface area contributed by atoms with Crippen molar-refractivity contribution in [3.63, 3.8) is 0 Å². The third-order valence-corrected chi connectivity index (χ3v) is 6.01. The van der Waals surface area contributed by atoms with Crippen molar-refractivity contribution in [1.82, 2.24) is 5.32 Å². The summed E-state index contributed by atoms with van der Waals surface area (Å²) in [5, 5.41) is 3.84. The normalized spacial score (nSPS) is 27.6. The molecule has 0 aliphatic carbocycles. The molecule has 2 rings (SSSR count). The minimum atomic E-state index is 0.243. The molecule has 2 heterocycles. The van der Waals surface area contributed by atoms with Crippen LogP contribution in [0.15, 0.2) is 0 Å². The lowest BCUT2D eigenvalue weighted by atomic mass is 9.77. The standard InChI is InChI=1S/C17H33NOS/c1-3-5-6-16(18-10-4-2)15-7-11-19-17(14-15)8-12-20-13-9-17/h15-16,18H,3-14H2,1-2H3. The summed E-state index contributed by atoms with van der Waals surface area (Å²) in [5.41, 5.74) is 0.243. The minimum absolute atomic E-state index is 0.243. The first kappa shape index (κ1) is 16.6. The Bertz CT molecular complexity index is 252. The summed E-state index contributed by atoms with van der Waals surface area (Å²) >= 11 is 2.10. The maximum absolute atomic E-state index is 6.25. The van der Waals surface area contributed by atoms with Crippen LogP contribution >= 0.6 is 11.8 Å². The molecular formula is C17H33NOS. The van der Waals surface area contributed by atoms with E-state index in [1.807, 2.05) is 0 Å². The number of thioether (sulfide) groups is 1. The van der Waals surface area contributed by atoms with E-state index in [9.17, 15) is 0 Å². The number of hydrogen-bond donors (Lipinski definition) is 1. The Balaban J connectivity index is 1.92. The van der Waals surface area contributed by atoms with Gasteiger partial charge in [0, 0.05) is 12.6 Å². The Kier molecular flexibility index (Phi) is 7.20. The van der Waals surface area contributed by atoms with Gasteiger partial charge in [0.25, 0.3) is 0 Å². The van der Waals surface area contributed by atoms with E-state index < -0.39 is 0 Å². The highest BCUT2D eigenvalue weighted by Gasteiger charge is 2.40. The van der Waals surface area contributed by atoms with E-state index >= 15 is 0 Å². The van der Waals surface area contributed by atoms with Gasteiger partial charge < -0.3 is 10.1 Å². The Morgan fingerprint density at radius 2 is 2.05 bits per heavy atom. The van der Waals surface area contributed by atoms with Crippen molar-refractivity contribution in [2.75, 3.05) is 24.7 Å². The van der Waals surface area contributed by atoms with Crippen LogP contribution in [0.2, 0.25) is 0 Å². The lowest BCUT2D eigenvalue weighted by Gasteiger charge is -2.45. The zero-order valence-corrected chi connectivity index (χ0v) is 14.3. The summed E-state index contributed by atoms with van der Waals surface area (Å²) in [5.74, 6) is 3.44. The molecule has 20 heavy (non-hydrogen) atoms. The average molecular weight is 300 g/mol. The number of hydrogen-bond acceptors (Lipinski definition) is 3. The smallest absolute Gasteiger partial charge is 0.0701 e. The minimum Gasteiger partial charge on any atom is -0.375 e. The number of unbranched alkanes of at least 4 members (excludes halogenated alkanes) is 1. The molecule has 118 valence electrons. The molecule has 2 aliphatic rings. The molecule has 0 amide bonds. The summed E-state index contributed by atoms with van der Waals surface area (Å²) in [7, 11) is 0. The molecule has 0 saturated carbocycles. The van der Waals surface area contributed by atoms with Gasteiger partial charge in [0.05, 0.1) is 5.60 Å². The summed E-state index contributed by atoms with van der Waals surface area (Å²) in [6.45, 7) is 6.74. The van der Waals surface area contributed by atoms with E-state index in [1.54, 1.807) is 0 Å². The summed E-state index contributed by atoms with van der Waals surface area (Å²) < 4.78 is 6.25. The van der Waals surface area contributed by atoms with E-state index in [0.29, 0.717) is 0 Å². The van der Waals surface area contributed by atoms with Crippen molar-refractivity contribution in [3.05, 3.63) is 0 Å². The molecule has 1 spiro atoms. The Hall–Kier alpha value is 0.270. The van der Waals surface area contributed by atoms with Crippen molar-refractivity contribution >= 4 is 11.8 Å². The molecule has 0 bridgehead atoms. The fraction of sp³-hybridized carbons (Fsp3) is 1.00. The highest BCUT2D eigenvalue weighted by Crippen LogP contribution is 2.41. The van der Waals surface area contributed by atoms with Gasteiger partial charge in [-0.2, -0.15) is 11.8 Å². The van der Waals surface area contributed by atoms with Gasteiger partial charge in [-0.05, 0) is 62.5 Å². The molecule has 1 N–H and O–H groups in total. The molecule has 0 aromatic rings. The topological polar surface area (TPSA) is 21.3 Å². The summed E-state index contributed by atoms with van der Waals surface area (Å²) in [6.07, 6.45) is 10.4. The van der Waals surface area contributed by atoms with Gasteiger partial charge in [0.2, 0.25) is 0 Å². The first-order chi connectivity index (χ1) is 9.79. The second-order valence-electron chi connectivity index (χ2n) is 6.60. The maximum Gasteiger partial charge on any atom is 0.0701 e. The zero-order valence-electron chi connectivity index (χ0n) is 13.5. The van der Waals surface area contributed by atoms with Crippen LogP contribution in [0.3, 0.4) is 0 Å². The fourth-order valence-electron chi connectivity index (χ4n) is 3.76. The second kappa shape index (κ2) is 8.65. The molecular weight excluding hydrogens is 266 g/mol. The first-order valence-corrected chi connectivity index (χ1v) is 9.90. The van der Waals surface area contributed by atoms with Crippen molar-refractivity contribution in [2.24, 2.45) is 5.92 Å². The van der Waals surface area contributed by atoms with Crippen LogP contribution in [0, 0.1) is 5.92 Å². The van der Waals surface area contributed by atoms with Gasteiger partial charge in [-0.3, -0.25) is 0 Å². The van der Waals surface area contributed by atoms with Gasteiger partial charge >= 0.3 is 0 Å². The van der Waals surface area contributed by atoms with Crippen molar-refractivity contribution in [2.45, 2.75) is 76.9 Å². The third kappa shape index (κ3) is 4.64. The van der Waals surface area contributed by atoms with E-state index in [4.69, 9.17) is 4.74 Å². The highest BCUT2D eigenvalue weighted by atomic mass is 32.2. The molecule has 2 saturated heterocycles. The number of ether oxygens (including phenoxy) is 1. The average Bonchev–Trinajstić information content (AvgIpc) is 2.48. The Labute approximate surface area is 129 Å². The second-order valence-corrected chi connectivity index (χ2v) is 7.82. The fourth-order valence-corrected chi connectivity index (χ4v) is 5.00. The Morgan fingerprint density at radius 3 is 2.75 bits per heavy atom. The van der Waals surface area contributed by atoms with Crippen LogP contribution in [0.4, 0.5) is 0 Å².